The molecule has 1 aliphatic rings. The second-order valence-electron chi connectivity index (χ2n) is 5.57. The summed E-state index contributed by atoms with van der Waals surface area (Å²) in [6, 6.07) is 11.3. The number of nitrogens with zero attached hydrogens (tertiary/aromatic N) is 4. The van der Waals surface area contributed by atoms with Crippen LogP contribution in [-0.2, 0) is 0 Å². The van der Waals surface area contributed by atoms with Crippen molar-refractivity contribution < 1.29 is 4.79 Å². The first-order valence-corrected chi connectivity index (χ1v) is 8.68. The minimum absolute atomic E-state index is 0.101. The number of aromatic nitrogens is 2. The molecule has 0 bridgehead atoms. The normalized spacial score (nSPS) is 15.6. The van der Waals surface area contributed by atoms with Gasteiger partial charge in [0.2, 0.25) is 0 Å². The van der Waals surface area contributed by atoms with E-state index in [1.807, 2.05) is 36.4 Å². The standard InChI is InChI=1S/C17H20N4OS/c1-20-9-11-21(12-10-20)16-7-8-18-17(19-16)23-13-15(22)14-5-3-2-4-6-14/h2-8H,9-13H2,1H3. The Hall–Kier alpha value is -1.92. The van der Waals surface area contributed by atoms with Crippen molar-refractivity contribution in [3.63, 3.8) is 0 Å². The summed E-state index contributed by atoms with van der Waals surface area (Å²) >= 11 is 1.39. The summed E-state index contributed by atoms with van der Waals surface area (Å²) in [4.78, 5) is 25.6. The van der Waals surface area contributed by atoms with Crippen LogP contribution in [0.1, 0.15) is 10.4 Å². The Morgan fingerprint density at radius 1 is 1.13 bits per heavy atom. The van der Waals surface area contributed by atoms with Crippen LogP contribution >= 0.6 is 11.8 Å². The van der Waals surface area contributed by atoms with Crippen LogP contribution in [0, 0.1) is 0 Å². The summed E-state index contributed by atoms with van der Waals surface area (Å²) < 4.78 is 0. The lowest BCUT2D eigenvalue weighted by Gasteiger charge is -2.33. The number of hydrogen-bond donors (Lipinski definition) is 0. The van der Waals surface area contributed by atoms with E-state index in [0.717, 1.165) is 37.6 Å². The second kappa shape index (κ2) is 7.57. The van der Waals surface area contributed by atoms with Gasteiger partial charge < -0.3 is 9.80 Å². The molecule has 0 aliphatic carbocycles. The summed E-state index contributed by atoms with van der Waals surface area (Å²) in [6.07, 6.45) is 1.77. The largest absolute Gasteiger partial charge is 0.354 e. The maximum atomic E-state index is 12.1. The van der Waals surface area contributed by atoms with E-state index in [0.29, 0.717) is 10.9 Å². The van der Waals surface area contributed by atoms with Crippen LogP contribution in [0.5, 0.6) is 0 Å². The molecular formula is C17H20N4OS. The third kappa shape index (κ3) is 4.30. The topological polar surface area (TPSA) is 49.3 Å². The average molecular weight is 328 g/mol. The highest BCUT2D eigenvalue weighted by Gasteiger charge is 2.16. The lowest BCUT2D eigenvalue weighted by atomic mass is 10.2. The SMILES string of the molecule is CN1CCN(c2ccnc(SCC(=O)c3ccccc3)n2)CC1. The molecule has 1 saturated heterocycles. The Labute approximate surface area is 140 Å². The van der Waals surface area contributed by atoms with Crippen LogP contribution in [0.3, 0.4) is 0 Å². The number of thioether (sulfide) groups is 1. The Balaban J connectivity index is 1.60. The zero-order valence-electron chi connectivity index (χ0n) is 13.2. The highest BCUT2D eigenvalue weighted by molar-refractivity contribution is 7.99. The lowest BCUT2D eigenvalue weighted by molar-refractivity contribution is 0.102. The van der Waals surface area contributed by atoms with Crippen molar-refractivity contribution in [3.05, 3.63) is 48.2 Å². The van der Waals surface area contributed by atoms with Crippen molar-refractivity contribution in [1.29, 1.82) is 0 Å². The van der Waals surface area contributed by atoms with Gasteiger partial charge >= 0.3 is 0 Å². The molecule has 2 heterocycles. The van der Waals surface area contributed by atoms with E-state index in [1.165, 1.54) is 11.8 Å². The third-order valence-electron chi connectivity index (χ3n) is 3.87. The predicted molar refractivity (Wildman–Crippen MR) is 93.2 cm³/mol. The smallest absolute Gasteiger partial charge is 0.189 e. The monoisotopic (exact) mass is 328 g/mol. The number of likely N-dealkylation sites (N-methyl/N-ethyl adjacent to an activating group) is 1. The van der Waals surface area contributed by atoms with E-state index in [-0.39, 0.29) is 5.78 Å². The first-order valence-electron chi connectivity index (χ1n) is 7.70. The molecule has 120 valence electrons. The summed E-state index contributed by atoms with van der Waals surface area (Å²) in [6.45, 7) is 4.03. The summed E-state index contributed by atoms with van der Waals surface area (Å²) in [5.41, 5.74) is 0.732. The Morgan fingerprint density at radius 2 is 1.87 bits per heavy atom. The molecule has 0 atom stereocenters. The van der Waals surface area contributed by atoms with Crippen molar-refractivity contribution in [3.8, 4) is 0 Å². The van der Waals surface area contributed by atoms with Gasteiger partial charge in [-0.3, -0.25) is 4.79 Å². The van der Waals surface area contributed by atoms with Gasteiger partial charge in [-0.05, 0) is 13.1 Å². The van der Waals surface area contributed by atoms with Gasteiger partial charge in [0.1, 0.15) is 5.82 Å². The molecule has 23 heavy (non-hydrogen) atoms. The van der Waals surface area contributed by atoms with Gasteiger partial charge in [-0.2, -0.15) is 0 Å². The minimum atomic E-state index is 0.101. The summed E-state index contributed by atoms with van der Waals surface area (Å²) in [5.74, 6) is 1.41. The van der Waals surface area contributed by atoms with E-state index in [1.54, 1.807) is 6.20 Å². The van der Waals surface area contributed by atoms with E-state index >= 15 is 0 Å². The molecule has 0 spiro atoms. The number of anilines is 1. The summed E-state index contributed by atoms with van der Waals surface area (Å²) in [7, 11) is 2.13. The molecule has 3 rings (SSSR count). The molecule has 1 aromatic heterocycles. The second-order valence-corrected chi connectivity index (χ2v) is 6.51. The first-order chi connectivity index (χ1) is 11.2. The molecule has 1 fully saturated rings. The highest BCUT2D eigenvalue weighted by Crippen LogP contribution is 2.19. The molecule has 0 radical (unpaired) electrons. The average Bonchev–Trinajstić information content (AvgIpc) is 2.61. The number of benzene rings is 1. The zero-order valence-corrected chi connectivity index (χ0v) is 14.0. The highest BCUT2D eigenvalue weighted by atomic mass is 32.2. The number of carbonyl (C=O) groups is 1. The van der Waals surface area contributed by atoms with Crippen molar-refractivity contribution >= 4 is 23.4 Å². The molecule has 0 N–H and O–H groups in total. The molecule has 6 heteroatoms. The maximum absolute atomic E-state index is 12.1. The maximum Gasteiger partial charge on any atom is 0.189 e. The van der Waals surface area contributed by atoms with Crippen LogP contribution in [0.4, 0.5) is 5.82 Å². The molecule has 0 amide bonds. The van der Waals surface area contributed by atoms with Gasteiger partial charge in [-0.1, -0.05) is 42.1 Å². The van der Waals surface area contributed by atoms with Gasteiger partial charge in [-0.15, -0.1) is 0 Å². The lowest BCUT2D eigenvalue weighted by Crippen LogP contribution is -2.44. The van der Waals surface area contributed by atoms with Gasteiger partial charge in [0.25, 0.3) is 0 Å². The summed E-state index contributed by atoms with van der Waals surface area (Å²) in [5, 5.41) is 0.658. The number of Topliss-reactive ketones (excluding diaryl/α,β-unsaturated/α-hetero) is 1. The van der Waals surface area contributed by atoms with Crippen molar-refractivity contribution in [2.75, 3.05) is 43.9 Å². The van der Waals surface area contributed by atoms with Gasteiger partial charge in [0.15, 0.2) is 10.9 Å². The van der Waals surface area contributed by atoms with Crippen LogP contribution in [0.15, 0.2) is 47.8 Å². The number of piperazine rings is 1. The molecule has 5 nitrogen and oxygen atoms in total. The molecule has 2 aromatic rings. The van der Waals surface area contributed by atoms with Crippen LogP contribution in [0.25, 0.3) is 0 Å². The number of hydrogen-bond acceptors (Lipinski definition) is 6. The van der Waals surface area contributed by atoms with Crippen LogP contribution < -0.4 is 4.90 Å². The number of rotatable bonds is 5. The molecular weight excluding hydrogens is 308 g/mol. The fourth-order valence-electron chi connectivity index (χ4n) is 2.45. The van der Waals surface area contributed by atoms with Gasteiger partial charge in [0.05, 0.1) is 5.75 Å². The van der Waals surface area contributed by atoms with E-state index in [2.05, 4.69) is 26.8 Å². The van der Waals surface area contributed by atoms with Gasteiger partial charge in [0, 0.05) is 37.9 Å². The molecule has 0 unspecified atom stereocenters. The third-order valence-corrected chi connectivity index (χ3v) is 4.74. The predicted octanol–water partition coefficient (Wildman–Crippen LogP) is 2.20. The van der Waals surface area contributed by atoms with Crippen molar-refractivity contribution in [1.82, 2.24) is 14.9 Å². The number of ketones is 1. The van der Waals surface area contributed by atoms with Crippen LogP contribution in [-0.4, -0.2) is 59.6 Å². The Kier molecular flexibility index (Phi) is 5.25. The van der Waals surface area contributed by atoms with Crippen molar-refractivity contribution in [2.45, 2.75) is 5.16 Å². The zero-order chi connectivity index (χ0) is 16.1. The first kappa shape index (κ1) is 16.0. The number of carbonyl (C=O) groups excluding carboxylic acids is 1. The van der Waals surface area contributed by atoms with Gasteiger partial charge in [-0.25, -0.2) is 9.97 Å². The van der Waals surface area contributed by atoms with E-state index in [4.69, 9.17) is 0 Å². The van der Waals surface area contributed by atoms with Crippen molar-refractivity contribution in [2.24, 2.45) is 0 Å². The van der Waals surface area contributed by atoms with Crippen LogP contribution in [0.2, 0.25) is 0 Å². The molecule has 1 aromatic carbocycles. The Bertz CT molecular complexity index is 657. The fourth-order valence-corrected chi connectivity index (χ4v) is 3.17. The minimum Gasteiger partial charge on any atom is -0.354 e. The molecule has 1 aliphatic heterocycles. The fraction of sp³-hybridized carbons (Fsp3) is 0.353. The van der Waals surface area contributed by atoms with E-state index < -0.39 is 0 Å². The van der Waals surface area contributed by atoms with E-state index in [9.17, 15) is 4.79 Å². The Morgan fingerprint density at radius 3 is 2.61 bits per heavy atom. The quantitative estimate of drug-likeness (QED) is 0.476. The molecule has 0 saturated carbocycles.